The molecule has 8 heteroatoms. The molecule has 4 rings (SSSR count). The van der Waals surface area contributed by atoms with Gasteiger partial charge in [0.05, 0.1) is 0 Å². The van der Waals surface area contributed by atoms with Gasteiger partial charge in [-0.15, -0.1) is 0 Å². The molecule has 0 N–H and O–H groups in total. The van der Waals surface area contributed by atoms with Crippen LogP contribution in [0.25, 0.3) is 20.6 Å². The quantitative estimate of drug-likeness (QED) is 0.138. The summed E-state index contributed by atoms with van der Waals surface area (Å²) in [7, 11) is 3.15. The van der Waals surface area contributed by atoms with Gasteiger partial charge < -0.3 is 0 Å². The second kappa shape index (κ2) is 10.3. The first-order chi connectivity index (χ1) is 16.4. The van der Waals surface area contributed by atoms with Crippen LogP contribution in [0.2, 0.25) is 0 Å². The molecule has 2 aromatic heterocycles. The van der Waals surface area contributed by atoms with Gasteiger partial charge in [0.15, 0.2) is 0 Å². The molecule has 0 saturated heterocycles. The van der Waals surface area contributed by atoms with Crippen LogP contribution in [-0.2, 0) is 16.1 Å². The molecule has 2 heterocycles. The molecule has 0 aliphatic carbocycles. The third-order valence-corrected chi connectivity index (χ3v) is 8.05. The van der Waals surface area contributed by atoms with Crippen molar-refractivity contribution in [3.63, 3.8) is 0 Å². The summed E-state index contributed by atoms with van der Waals surface area (Å²) in [6, 6.07) is 14.0. The van der Waals surface area contributed by atoms with Crippen LogP contribution in [-0.4, -0.2) is 40.5 Å². The summed E-state index contributed by atoms with van der Waals surface area (Å²) in [6.45, 7) is 1.79. The second-order valence-corrected chi connectivity index (χ2v) is 10.1. The van der Waals surface area contributed by atoms with E-state index in [4.69, 9.17) is 18.6 Å². The normalized spacial score (nSPS) is 12.0. The van der Waals surface area contributed by atoms with Crippen molar-refractivity contribution in [3.05, 3.63) is 69.0 Å². The summed E-state index contributed by atoms with van der Waals surface area (Å²) >= 11 is -0.175. The molecule has 0 bridgehead atoms. The first-order valence-electron chi connectivity index (χ1n) is 10.8. The third-order valence-electron chi connectivity index (χ3n) is 5.66. The van der Waals surface area contributed by atoms with Crippen LogP contribution in [0.4, 0.5) is 0 Å². The molecule has 7 nitrogen and oxygen atoms in total. The zero-order valence-corrected chi connectivity index (χ0v) is 20.8. The van der Waals surface area contributed by atoms with Gasteiger partial charge in [-0.05, 0) is 0 Å². The molecule has 0 radical (unpaired) electrons. The zero-order valence-electron chi connectivity index (χ0n) is 19.1. The number of hydrogen-bond donors (Lipinski definition) is 0. The number of ether oxygens (including phenoxy) is 3. The van der Waals surface area contributed by atoms with Gasteiger partial charge in [-0.1, -0.05) is 0 Å². The average Bonchev–Trinajstić information content (AvgIpc) is 3.27. The number of carbonyl (C=O) groups is 2. The predicted molar refractivity (Wildman–Crippen MR) is 129 cm³/mol. The summed E-state index contributed by atoms with van der Waals surface area (Å²) in [5, 5.41) is 1.65. The van der Waals surface area contributed by atoms with Gasteiger partial charge in [-0.2, -0.15) is 0 Å². The SMILES string of the molecule is CCC(CC(=O)c1cc2cc(OC)c(OC)cc2[se]1)C(=O)OCc1cc(=O)oc2ccccc12. The predicted octanol–water partition coefficient (Wildman–Crippen LogP) is 4.36. The van der Waals surface area contributed by atoms with Crippen LogP contribution in [0.1, 0.15) is 34.6 Å². The fourth-order valence-corrected chi connectivity index (χ4v) is 5.93. The van der Waals surface area contributed by atoms with E-state index in [2.05, 4.69) is 0 Å². The summed E-state index contributed by atoms with van der Waals surface area (Å²) in [4.78, 5) is 37.6. The van der Waals surface area contributed by atoms with Crippen molar-refractivity contribution in [2.24, 2.45) is 5.92 Å². The van der Waals surface area contributed by atoms with Gasteiger partial charge in [0.2, 0.25) is 0 Å². The van der Waals surface area contributed by atoms with E-state index in [0.29, 0.717) is 38.9 Å². The molecular weight excluding hydrogens is 503 g/mol. The van der Waals surface area contributed by atoms with Crippen LogP contribution < -0.4 is 15.1 Å². The monoisotopic (exact) mass is 528 g/mol. The van der Waals surface area contributed by atoms with Gasteiger partial charge in [-0.3, -0.25) is 0 Å². The Bertz CT molecular complexity index is 1370. The van der Waals surface area contributed by atoms with Crippen LogP contribution in [0.3, 0.4) is 0 Å². The number of Topliss-reactive ketones (excluding diaryl/α,β-unsaturated/α-hetero) is 1. The molecule has 1 atom stereocenters. The number of ketones is 1. The van der Waals surface area contributed by atoms with E-state index < -0.39 is 17.5 Å². The molecule has 0 saturated carbocycles. The standard InChI is InChI=1S/C26H24O7Se/c1-4-15(26(29)32-14-17-12-25(28)33-20-8-6-5-7-18(17)20)9-19(27)24-11-16-10-21(30-2)22(31-3)13-23(16)34-24/h5-8,10-13,15H,4,9,14H2,1-3H3. The number of para-hydroxylation sites is 1. The first-order valence-corrected chi connectivity index (χ1v) is 12.5. The number of hydrogen-bond acceptors (Lipinski definition) is 7. The Labute approximate surface area is 202 Å². The number of fused-ring (bicyclic) bond motifs is 2. The number of methoxy groups -OCH3 is 2. The molecule has 4 aromatic rings. The average molecular weight is 527 g/mol. The van der Waals surface area contributed by atoms with Crippen LogP contribution in [0.5, 0.6) is 11.5 Å². The van der Waals surface area contributed by atoms with Gasteiger partial charge in [0, 0.05) is 0 Å². The van der Waals surface area contributed by atoms with Crippen LogP contribution in [0, 0.1) is 5.92 Å². The zero-order chi connectivity index (χ0) is 24.2. The van der Waals surface area contributed by atoms with Crippen molar-refractivity contribution >= 4 is 46.9 Å². The number of esters is 1. The van der Waals surface area contributed by atoms with Crippen molar-refractivity contribution < 1.29 is 28.2 Å². The van der Waals surface area contributed by atoms with Gasteiger partial charge in [-0.25, -0.2) is 0 Å². The number of rotatable bonds is 9. The van der Waals surface area contributed by atoms with E-state index in [1.165, 1.54) is 6.07 Å². The maximum atomic E-state index is 13.0. The molecule has 34 heavy (non-hydrogen) atoms. The van der Waals surface area contributed by atoms with Crippen molar-refractivity contribution in [1.29, 1.82) is 0 Å². The van der Waals surface area contributed by atoms with E-state index in [1.807, 2.05) is 31.2 Å². The molecule has 1 unspecified atom stereocenters. The van der Waals surface area contributed by atoms with E-state index in [-0.39, 0.29) is 33.3 Å². The van der Waals surface area contributed by atoms with E-state index >= 15 is 0 Å². The van der Waals surface area contributed by atoms with Crippen molar-refractivity contribution in [3.8, 4) is 11.5 Å². The first kappa shape index (κ1) is 23.8. The van der Waals surface area contributed by atoms with Crippen LogP contribution >= 0.6 is 0 Å². The van der Waals surface area contributed by atoms with E-state index in [9.17, 15) is 14.4 Å². The number of carbonyl (C=O) groups excluding carboxylic acids is 2. The second-order valence-electron chi connectivity index (χ2n) is 7.78. The molecule has 0 aliphatic rings. The van der Waals surface area contributed by atoms with Gasteiger partial charge in [0.1, 0.15) is 0 Å². The summed E-state index contributed by atoms with van der Waals surface area (Å²) in [6.07, 6.45) is 0.542. The summed E-state index contributed by atoms with van der Waals surface area (Å²) in [5.74, 6) is 0.148. The molecule has 0 fully saturated rings. The Balaban J connectivity index is 1.47. The third kappa shape index (κ3) is 4.93. The Morgan fingerprint density at radius 3 is 2.50 bits per heavy atom. The molecule has 176 valence electrons. The summed E-state index contributed by atoms with van der Waals surface area (Å²) < 4.78 is 23.1. The van der Waals surface area contributed by atoms with E-state index in [1.54, 1.807) is 32.4 Å². The Hall–Kier alpha value is -3.35. The fourth-order valence-electron chi connectivity index (χ4n) is 3.79. The van der Waals surface area contributed by atoms with Gasteiger partial charge >= 0.3 is 202 Å². The Morgan fingerprint density at radius 1 is 1.03 bits per heavy atom. The minimum absolute atomic E-state index is 0.0622. The van der Waals surface area contributed by atoms with Crippen molar-refractivity contribution in [2.45, 2.75) is 26.4 Å². The minimum atomic E-state index is -0.566. The van der Waals surface area contributed by atoms with Gasteiger partial charge in [0.25, 0.3) is 0 Å². The summed E-state index contributed by atoms with van der Waals surface area (Å²) in [5.41, 5.74) is 0.503. The number of benzene rings is 2. The Kier molecular flexibility index (Phi) is 7.20. The van der Waals surface area contributed by atoms with Crippen molar-refractivity contribution in [1.82, 2.24) is 0 Å². The molecule has 0 aliphatic heterocycles. The fraction of sp³-hybridized carbons (Fsp3) is 0.269. The Morgan fingerprint density at radius 2 is 1.76 bits per heavy atom. The molecular formula is C26H24O7Se. The molecule has 2 aromatic carbocycles. The maximum absolute atomic E-state index is 13.0. The molecule has 0 amide bonds. The topological polar surface area (TPSA) is 92.0 Å². The van der Waals surface area contributed by atoms with E-state index in [0.717, 1.165) is 9.65 Å². The van der Waals surface area contributed by atoms with Crippen LogP contribution in [0.15, 0.2) is 57.7 Å². The molecule has 0 spiro atoms. The van der Waals surface area contributed by atoms with Crippen molar-refractivity contribution in [2.75, 3.05) is 14.2 Å².